The van der Waals surface area contributed by atoms with E-state index >= 15 is 0 Å². The molecule has 7 heteroatoms. The van der Waals surface area contributed by atoms with E-state index in [-0.39, 0.29) is 17.4 Å². The van der Waals surface area contributed by atoms with E-state index in [0.29, 0.717) is 5.56 Å². The fraction of sp³-hybridized carbons (Fsp3) is 0.583. The number of methoxy groups -OCH3 is 1. The van der Waals surface area contributed by atoms with Crippen molar-refractivity contribution in [2.75, 3.05) is 18.6 Å². The maximum Gasteiger partial charge on any atom is 0.253 e. The molecule has 2 atom stereocenters. The van der Waals surface area contributed by atoms with Crippen molar-refractivity contribution in [1.29, 1.82) is 0 Å². The van der Waals surface area contributed by atoms with Gasteiger partial charge in [-0.2, -0.15) is 0 Å². The van der Waals surface area contributed by atoms with Gasteiger partial charge in [-0.25, -0.2) is 8.42 Å². The van der Waals surface area contributed by atoms with Crippen LogP contribution in [0.3, 0.4) is 0 Å². The Hall–Kier alpha value is -1.34. The van der Waals surface area contributed by atoms with Crippen molar-refractivity contribution in [2.45, 2.75) is 19.1 Å². The SMILES string of the molecule is CO[C@@H]1CS(=O)(=O)C[C@H]1NC(=O)c1ccn(C)c1C. The Kier molecular flexibility index (Phi) is 3.69. The lowest BCUT2D eigenvalue weighted by atomic mass is 10.2. The number of carbonyl (C=O) groups is 1. The summed E-state index contributed by atoms with van der Waals surface area (Å²) >= 11 is 0. The van der Waals surface area contributed by atoms with Crippen molar-refractivity contribution in [1.82, 2.24) is 9.88 Å². The molecule has 1 aromatic rings. The first kappa shape index (κ1) is 14.1. The number of amides is 1. The van der Waals surface area contributed by atoms with Crippen LogP contribution >= 0.6 is 0 Å². The van der Waals surface area contributed by atoms with Crippen molar-refractivity contribution >= 4 is 15.7 Å². The van der Waals surface area contributed by atoms with Gasteiger partial charge in [-0.3, -0.25) is 4.79 Å². The number of nitrogens with one attached hydrogen (secondary N) is 1. The molecule has 0 radical (unpaired) electrons. The highest BCUT2D eigenvalue weighted by atomic mass is 32.2. The standard InChI is InChI=1S/C12H18N2O4S/c1-8-9(4-5-14(8)2)12(15)13-10-6-19(16,17)7-11(10)18-3/h4-5,10-11H,6-7H2,1-3H3,(H,13,15)/t10-,11-/m1/s1. The molecule has 1 aliphatic heterocycles. The average molecular weight is 286 g/mol. The molecule has 1 amide bonds. The van der Waals surface area contributed by atoms with Crippen LogP contribution in [-0.2, 0) is 21.6 Å². The third-order valence-corrected chi connectivity index (χ3v) is 5.25. The molecular weight excluding hydrogens is 268 g/mol. The van der Waals surface area contributed by atoms with Gasteiger partial charge in [0.15, 0.2) is 9.84 Å². The van der Waals surface area contributed by atoms with Gasteiger partial charge < -0.3 is 14.6 Å². The Morgan fingerprint density at radius 1 is 1.47 bits per heavy atom. The summed E-state index contributed by atoms with van der Waals surface area (Å²) in [5.41, 5.74) is 1.40. The molecule has 0 spiro atoms. The van der Waals surface area contributed by atoms with Gasteiger partial charge in [-0.15, -0.1) is 0 Å². The highest BCUT2D eigenvalue weighted by Crippen LogP contribution is 2.17. The van der Waals surface area contributed by atoms with Crippen LogP contribution in [0.2, 0.25) is 0 Å². The van der Waals surface area contributed by atoms with Crippen molar-refractivity contribution in [2.24, 2.45) is 7.05 Å². The topological polar surface area (TPSA) is 77.4 Å². The summed E-state index contributed by atoms with van der Waals surface area (Å²) in [7, 11) is 0.174. The minimum absolute atomic E-state index is 0.0395. The summed E-state index contributed by atoms with van der Waals surface area (Å²) in [5, 5.41) is 2.75. The first-order valence-electron chi connectivity index (χ1n) is 6.00. The summed E-state index contributed by atoms with van der Waals surface area (Å²) in [6, 6.07) is 1.23. The smallest absolute Gasteiger partial charge is 0.253 e. The maximum absolute atomic E-state index is 12.1. The van der Waals surface area contributed by atoms with Crippen LogP contribution < -0.4 is 5.32 Å². The van der Waals surface area contributed by atoms with Gasteiger partial charge in [0, 0.05) is 26.0 Å². The normalized spacial score (nSPS) is 25.4. The average Bonchev–Trinajstić information content (AvgIpc) is 2.80. The van der Waals surface area contributed by atoms with Crippen LogP contribution in [0, 0.1) is 6.92 Å². The molecule has 6 nitrogen and oxygen atoms in total. The van der Waals surface area contributed by atoms with Gasteiger partial charge in [0.05, 0.1) is 29.2 Å². The second kappa shape index (κ2) is 4.97. The van der Waals surface area contributed by atoms with Crippen LogP contribution in [-0.4, -0.2) is 49.7 Å². The number of hydrogen-bond acceptors (Lipinski definition) is 4. The molecule has 0 bridgehead atoms. The summed E-state index contributed by atoms with van der Waals surface area (Å²) in [5.74, 6) is -0.368. The summed E-state index contributed by atoms with van der Waals surface area (Å²) in [4.78, 5) is 12.1. The van der Waals surface area contributed by atoms with E-state index in [4.69, 9.17) is 4.74 Å². The summed E-state index contributed by atoms with van der Waals surface area (Å²) in [6.07, 6.45) is 1.32. The lowest BCUT2D eigenvalue weighted by Crippen LogP contribution is -2.43. The first-order chi connectivity index (χ1) is 8.84. The van der Waals surface area contributed by atoms with E-state index in [2.05, 4.69) is 5.32 Å². The number of carbonyl (C=O) groups excluding carboxylic acids is 1. The molecular formula is C12H18N2O4S. The minimum atomic E-state index is -3.13. The second-order valence-electron chi connectivity index (χ2n) is 4.86. The van der Waals surface area contributed by atoms with E-state index < -0.39 is 22.0 Å². The lowest BCUT2D eigenvalue weighted by Gasteiger charge is -2.18. The number of aryl methyl sites for hydroxylation is 1. The van der Waals surface area contributed by atoms with Gasteiger partial charge in [-0.05, 0) is 13.0 Å². The van der Waals surface area contributed by atoms with E-state index in [1.54, 1.807) is 12.3 Å². The number of ether oxygens (including phenoxy) is 1. The van der Waals surface area contributed by atoms with E-state index in [0.717, 1.165) is 5.69 Å². The highest BCUT2D eigenvalue weighted by Gasteiger charge is 2.38. The highest BCUT2D eigenvalue weighted by molar-refractivity contribution is 7.91. The molecule has 106 valence electrons. The Labute approximate surface area is 112 Å². The molecule has 1 fully saturated rings. The molecule has 0 saturated carbocycles. The van der Waals surface area contributed by atoms with Gasteiger partial charge in [0.2, 0.25) is 0 Å². The molecule has 19 heavy (non-hydrogen) atoms. The van der Waals surface area contributed by atoms with Gasteiger partial charge in [-0.1, -0.05) is 0 Å². The van der Waals surface area contributed by atoms with Crippen LogP contribution in [0.4, 0.5) is 0 Å². The van der Waals surface area contributed by atoms with Crippen LogP contribution in [0.1, 0.15) is 16.1 Å². The Balaban J connectivity index is 2.13. The zero-order chi connectivity index (χ0) is 14.2. The van der Waals surface area contributed by atoms with Gasteiger partial charge in [0.1, 0.15) is 0 Å². The van der Waals surface area contributed by atoms with Crippen LogP contribution in [0.15, 0.2) is 12.3 Å². The summed E-state index contributed by atoms with van der Waals surface area (Å²) in [6.45, 7) is 1.84. The number of hydrogen-bond donors (Lipinski definition) is 1. The van der Waals surface area contributed by atoms with E-state index in [1.165, 1.54) is 7.11 Å². The maximum atomic E-state index is 12.1. The lowest BCUT2D eigenvalue weighted by molar-refractivity contribution is 0.0786. The van der Waals surface area contributed by atoms with Crippen LogP contribution in [0.5, 0.6) is 0 Å². The number of sulfone groups is 1. The monoisotopic (exact) mass is 286 g/mol. The van der Waals surface area contributed by atoms with Crippen molar-refractivity contribution in [3.63, 3.8) is 0 Å². The zero-order valence-electron chi connectivity index (χ0n) is 11.2. The van der Waals surface area contributed by atoms with E-state index in [9.17, 15) is 13.2 Å². The third-order valence-electron chi connectivity index (χ3n) is 3.55. The van der Waals surface area contributed by atoms with Crippen molar-refractivity contribution in [3.8, 4) is 0 Å². The predicted octanol–water partition coefficient (Wildman–Crippen LogP) is -0.125. The third kappa shape index (κ3) is 2.82. The van der Waals surface area contributed by atoms with Gasteiger partial charge in [0.25, 0.3) is 5.91 Å². The van der Waals surface area contributed by atoms with Crippen molar-refractivity contribution in [3.05, 3.63) is 23.5 Å². The zero-order valence-corrected chi connectivity index (χ0v) is 12.0. The minimum Gasteiger partial charge on any atom is -0.378 e. The second-order valence-corrected chi connectivity index (χ2v) is 7.01. The molecule has 2 rings (SSSR count). The first-order valence-corrected chi connectivity index (χ1v) is 7.82. The fourth-order valence-electron chi connectivity index (χ4n) is 2.28. The van der Waals surface area contributed by atoms with Crippen LogP contribution in [0.25, 0.3) is 0 Å². The quantitative estimate of drug-likeness (QED) is 0.840. The Morgan fingerprint density at radius 2 is 2.16 bits per heavy atom. The molecule has 1 saturated heterocycles. The summed E-state index contributed by atoms with van der Waals surface area (Å²) < 4.78 is 30.1. The Morgan fingerprint density at radius 3 is 2.68 bits per heavy atom. The molecule has 0 unspecified atom stereocenters. The molecule has 0 aromatic carbocycles. The molecule has 1 aliphatic rings. The number of nitrogens with zero attached hydrogens (tertiary/aromatic N) is 1. The van der Waals surface area contributed by atoms with E-state index in [1.807, 2.05) is 18.5 Å². The molecule has 1 aromatic heterocycles. The fourth-order valence-corrected chi connectivity index (χ4v) is 4.13. The van der Waals surface area contributed by atoms with Gasteiger partial charge >= 0.3 is 0 Å². The largest absolute Gasteiger partial charge is 0.378 e. The number of rotatable bonds is 3. The molecule has 0 aliphatic carbocycles. The molecule has 2 heterocycles. The predicted molar refractivity (Wildman–Crippen MR) is 70.9 cm³/mol. The Bertz CT molecular complexity index is 591. The number of aromatic nitrogens is 1. The molecule has 1 N–H and O–H groups in total. The van der Waals surface area contributed by atoms with Crippen molar-refractivity contribution < 1.29 is 17.9 Å².